The Hall–Kier alpha value is -2.74. The molecule has 2 heterocycles. The summed E-state index contributed by atoms with van der Waals surface area (Å²) in [5.74, 6) is 1.35. The fourth-order valence-electron chi connectivity index (χ4n) is 4.15. The first-order chi connectivity index (χ1) is 16.0. The van der Waals surface area contributed by atoms with Gasteiger partial charge in [-0.25, -0.2) is 0 Å². The molecule has 0 radical (unpaired) electrons. The fourth-order valence-corrected chi connectivity index (χ4v) is 4.45. The molecule has 2 atom stereocenters. The Balaban J connectivity index is 1.24. The highest BCUT2D eigenvalue weighted by atomic mass is 35.5. The summed E-state index contributed by atoms with van der Waals surface area (Å²) in [6.07, 6.45) is 0.659. The van der Waals surface area contributed by atoms with Crippen LogP contribution in [0.3, 0.4) is 0 Å². The summed E-state index contributed by atoms with van der Waals surface area (Å²) < 4.78 is 5.55. The van der Waals surface area contributed by atoms with Gasteiger partial charge >= 0.3 is 0 Å². The molecule has 174 valence electrons. The van der Waals surface area contributed by atoms with Gasteiger partial charge in [0.2, 0.25) is 11.8 Å². The van der Waals surface area contributed by atoms with Crippen LogP contribution in [0.15, 0.2) is 59.1 Å². The molecular formula is C25H30ClN5O2. The Morgan fingerprint density at radius 1 is 1.06 bits per heavy atom. The van der Waals surface area contributed by atoms with Crippen LogP contribution in [0.5, 0.6) is 0 Å². The van der Waals surface area contributed by atoms with Crippen molar-refractivity contribution in [3.8, 4) is 0 Å². The number of benzene rings is 2. The van der Waals surface area contributed by atoms with Crippen molar-refractivity contribution in [2.45, 2.75) is 32.4 Å². The molecule has 1 fully saturated rings. The lowest BCUT2D eigenvalue weighted by Crippen LogP contribution is -2.50. The van der Waals surface area contributed by atoms with Crippen LogP contribution in [-0.4, -0.2) is 58.6 Å². The first-order valence-corrected chi connectivity index (χ1v) is 11.7. The molecule has 1 amide bonds. The second-order valence-corrected chi connectivity index (χ2v) is 8.92. The van der Waals surface area contributed by atoms with Crippen LogP contribution in [-0.2, 0) is 11.2 Å². The van der Waals surface area contributed by atoms with Gasteiger partial charge in [0.25, 0.3) is 0 Å². The number of halogens is 1. The van der Waals surface area contributed by atoms with Gasteiger partial charge in [0.05, 0.1) is 18.6 Å². The standard InChI is InChI=1S/C25H30ClN5O2/c1-18(21-10-6-7-11-22(21)26)27-24(32)17-30-12-14-31(15-13-30)19(2)25-28-23(29-33-25)16-20-8-4-3-5-9-20/h3-11,18-19H,12-17H2,1-2H3,(H,27,32)/t18-,19-/m0/s1. The molecule has 1 saturated heterocycles. The van der Waals surface area contributed by atoms with E-state index in [1.165, 1.54) is 0 Å². The largest absolute Gasteiger partial charge is 0.348 e. The minimum atomic E-state index is -0.130. The Morgan fingerprint density at radius 3 is 2.48 bits per heavy atom. The average Bonchev–Trinajstić information content (AvgIpc) is 3.28. The van der Waals surface area contributed by atoms with Crippen LogP contribution < -0.4 is 5.32 Å². The van der Waals surface area contributed by atoms with Crippen LogP contribution in [0.1, 0.15) is 48.8 Å². The van der Waals surface area contributed by atoms with Gasteiger partial charge in [-0.2, -0.15) is 4.98 Å². The van der Waals surface area contributed by atoms with Crippen LogP contribution in [0.2, 0.25) is 5.02 Å². The molecule has 3 aromatic rings. The Kier molecular flexibility index (Phi) is 7.75. The number of hydrogen-bond acceptors (Lipinski definition) is 6. The zero-order valence-corrected chi connectivity index (χ0v) is 19.8. The second kappa shape index (κ2) is 10.9. The number of rotatable bonds is 8. The monoisotopic (exact) mass is 467 g/mol. The van der Waals surface area contributed by atoms with Gasteiger partial charge in [-0.3, -0.25) is 14.6 Å². The summed E-state index contributed by atoms with van der Waals surface area (Å²) in [6.45, 7) is 7.71. The molecule has 8 heteroatoms. The maximum atomic E-state index is 12.6. The topological polar surface area (TPSA) is 74.5 Å². The number of carbonyl (C=O) groups is 1. The Labute approximate surface area is 199 Å². The Morgan fingerprint density at radius 2 is 1.76 bits per heavy atom. The summed E-state index contributed by atoms with van der Waals surface area (Å²) in [7, 11) is 0. The van der Waals surface area contributed by atoms with E-state index in [4.69, 9.17) is 16.1 Å². The lowest BCUT2D eigenvalue weighted by atomic mass is 10.1. The van der Waals surface area contributed by atoms with Gasteiger partial charge in [-0.15, -0.1) is 0 Å². The molecule has 1 aliphatic rings. The number of piperazine rings is 1. The molecule has 33 heavy (non-hydrogen) atoms. The van der Waals surface area contributed by atoms with E-state index in [-0.39, 0.29) is 18.0 Å². The number of nitrogens with one attached hydrogen (secondary N) is 1. The third-order valence-corrected chi connectivity index (χ3v) is 6.46. The first kappa shape index (κ1) is 23.4. The van der Waals surface area contributed by atoms with Crippen molar-refractivity contribution in [3.63, 3.8) is 0 Å². The van der Waals surface area contributed by atoms with E-state index in [1.807, 2.05) is 49.4 Å². The molecule has 1 N–H and O–H groups in total. The third-order valence-electron chi connectivity index (χ3n) is 6.12. The lowest BCUT2D eigenvalue weighted by molar-refractivity contribution is -0.123. The highest BCUT2D eigenvalue weighted by molar-refractivity contribution is 6.31. The quantitative estimate of drug-likeness (QED) is 0.542. The highest BCUT2D eigenvalue weighted by Crippen LogP contribution is 2.23. The molecular weight excluding hydrogens is 438 g/mol. The predicted octanol–water partition coefficient (Wildman–Crippen LogP) is 3.87. The number of nitrogens with zero attached hydrogens (tertiary/aromatic N) is 4. The van der Waals surface area contributed by atoms with E-state index in [1.54, 1.807) is 0 Å². The lowest BCUT2D eigenvalue weighted by Gasteiger charge is -2.36. The number of carbonyl (C=O) groups excluding carboxylic acids is 1. The minimum absolute atomic E-state index is 0.00590. The van der Waals surface area contributed by atoms with Crippen LogP contribution in [0.25, 0.3) is 0 Å². The molecule has 1 aromatic heterocycles. The first-order valence-electron chi connectivity index (χ1n) is 11.4. The molecule has 0 spiro atoms. The van der Waals surface area contributed by atoms with E-state index in [9.17, 15) is 4.79 Å². The summed E-state index contributed by atoms with van der Waals surface area (Å²) in [5, 5.41) is 7.88. The SMILES string of the molecule is C[C@H](NC(=O)CN1CCN([C@@H](C)c2nc(Cc3ccccc3)no2)CC1)c1ccccc1Cl. The normalized spacial score (nSPS) is 16.9. The van der Waals surface area contributed by atoms with Crippen LogP contribution in [0, 0.1) is 0 Å². The van der Waals surface area contributed by atoms with E-state index in [2.05, 4.69) is 44.3 Å². The van der Waals surface area contributed by atoms with Crippen molar-refractivity contribution in [1.29, 1.82) is 0 Å². The summed E-state index contributed by atoms with van der Waals surface area (Å²) in [5.41, 5.74) is 2.09. The van der Waals surface area contributed by atoms with Gasteiger partial charge in [-0.1, -0.05) is 65.3 Å². The van der Waals surface area contributed by atoms with Gasteiger partial charge in [0, 0.05) is 37.6 Å². The second-order valence-electron chi connectivity index (χ2n) is 8.51. The van der Waals surface area contributed by atoms with Crippen molar-refractivity contribution in [2.24, 2.45) is 0 Å². The van der Waals surface area contributed by atoms with Crippen LogP contribution >= 0.6 is 11.6 Å². The molecule has 0 aliphatic carbocycles. The minimum Gasteiger partial charge on any atom is -0.348 e. The number of amides is 1. The summed E-state index contributed by atoms with van der Waals surface area (Å²) in [4.78, 5) is 21.7. The fraction of sp³-hybridized carbons (Fsp3) is 0.400. The van der Waals surface area contributed by atoms with Crippen molar-refractivity contribution >= 4 is 17.5 Å². The van der Waals surface area contributed by atoms with Gasteiger partial charge < -0.3 is 9.84 Å². The van der Waals surface area contributed by atoms with Gasteiger partial charge in [0.1, 0.15) is 0 Å². The van der Waals surface area contributed by atoms with Gasteiger partial charge in [0.15, 0.2) is 5.82 Å². The predicted molar refractivity (Wildman–Crippen MR) is 128 cm³/mol. The summed E-state index contributed by atoms with van der Waals surface area (Å²) >= 11 is 6.25. The molecule has 0 bridgehead atoms. The Bertz CT molecular complexity index is 1050. The van der Waals surface area contributed by atoms with E-state index in [0.29, 0.717) is 29.7 Å². The van der Waals surface area contributed by atoms with Crippen LogP contribution in [0.4, 0.5) is 0 Å². The maximum Gasteiger partial charge on any atom is 0.243 e. The van der Waals surface area contributed by atoms with Crippen molar-refractivity contribution in [1.82, 2.24) is 25.3 Å². The summed E-state index contributed by atoms with van der Waals surface area (Å²) in [6, 6.07) is 17.6. The molecule has 2 aromatic carbocycles. The van der Waals surface area contributed by atoms with E-state index >= 15 is 0 Å². The highest BCUT2D eigenvalue weighted by Gasteiger charge is 2.27. The zero-order chi connectivity index (χ0) is 23.2. The molecule has 0 saturated carbocycles. The van der Waals surface area contributed by atoms with Crippen molar-refractivity contribution in [3.05, 3.63) is 82.5 Å². The molecule has 1 aliphatic heterocycles. The molecule has 4 rings (SSSR count). The number of aromatic nitrogens is 2. The number of hydrogen-bond donors (Lipinski definition) is 1. The average molecular weight is 468 g/mol. The van der Waals surface area contributed by atoms with Gasteiger partial charge in [-0.05, 0) is 31.0 Å². The third kappa shape index (κ3) is 6.19. The zero-order valence-electron chi connectivity index (χ0n) is 19.1. The maximum absolute atomic E-state index is 12.6. The van der Waals surface area contributed by atoms with Crippen molar-refractivity contribution < 1.29 is 9.32 Å². The molecule has 7 nitrogen and oxygen atoms in total. The van der Waals surface area contributed by atoms with E-state index < -0.39 is 0 Å². The molecule has 0 unspecified atom stereocenters. The van der Waals surface area contributed by atoms with E-state index in [0.717, 1.165) is 37.3 Å². The van der Waals surface area contributed by atoms with Crippen molar-refractivity contribution in [2.75, 3.05) is 32.7 Å². The smallest absolute Gasteiger partial charge is 0.243 e.